The Balaban J connectivity index is 3.65. The van der Waals surface area contributed by atoms with Crippen molar-refractivity contribution >= 4 is 11.8 Å². The SMILES string of the molecule is [2H][13CH]([2H])CC(=O)C(=O)O. The molecule has 40 valence electrons. The molecule has 0 aromatic carbocycles. The standard InChI is InChI=1S/C4H6O3/c1-2-3(5)4(6)7/h2H2,1H3,(H,6,7)/i1+1D2. The Bertz CT molecular complexity index is 132. The molecule has 0 bridgehead atoms. The zero-order valence-corrected chi connectivity index (χ0v) is 3.55. The fourth-order valence-corrected chi connectivity index (χ4v) is 0.0873. The highest BCUT2D eigenvalue weighted by atomic mass is 16.4. The van der Waals surface area contributed by atoms with Gasteiger partial charge in [0.1, 0.15) is 0 Å². The summed E-state index contributed by atoms with van der Waals surface area (Å²) in [6, 6.07) is 0. The van der Waals surface area contributed by atoms with Crippen LogP contribution in [0.15, 0.2) is 0 Å². The summed E-state index contributed by atoms with van der Waals surface area (Å²) < 4.78 is 13.0. The Labute approximate surface area is 43.8 Å². The zero-order valence-electron chi connectivity index (χ0n) is 5.55. The average Bonchev–Trinajstić information content (AvgIpc) is 1.63. The Hall–Kier alpha value is -0.860. The summed E-state index contributed by atoms with van der Waals surface area (Å²) in [4.78, 5) is 19.8. The average molecular weight is 105 g/mol. The van der Waals surface area contributed by atoms with Gasteiger partial charge in [-0.15, -0.1) is 0 Å². The Morgan fingerprint density at radius 3 is 2.57 bits per heavy atom. The summed E-state index contributed by atoms with van der Waals surface area (Å²) in [5.41, 5.74) is 0. The lowest BCUT2D eigenvalue weighted by molar-refractivity contribution is -0.148. The molecule has 0 aliphatic rings. The molecule has 0 rings (SSSR count). The van der Waals surface area contributed by atoms with Crippen LogP contribution in [-0.2, 0) is 9.59 Å². The molecule has 0 fully saturated rings. The van der Waals surface area contributed by atoms with E-state index in [0.717, 1.165) is 0 Å². The molecule has 1 N–H and O–H groups in total. The first kappa shape index (κ1) is 3.18. The monoisotopic (exact) mass is 105 g/mol. The number of carboxylic acids is 1. The minimum absolute atomic E-state index is 0.532. The molecular weight excluding hydrogens is 97.0 g/mol. The van der Waals surface area contributed by atoms with Gasteiger partial charge in [-0.3, -0.25) is 4.79 Å². The number of aliphatic carboxylic acids is 1. The highest BCUT2D eigenvalue weighted by molar-refractivity contribution is 6.32. The van der Waals surface area contributed by atoms with Crippen LogP contribution in [0.4, 0.5) is 0 Å². The summed E-state index contributed by atoms with van der Waals surface area (Å²) in [7, 11) is 0. The van der Waals surface area contributed by atoms with E-state index in [2.05, 4.69) is 0 Å². The molecule has 0 unspecified atom stereocenters. The summed E-state index contributed by atoms with van der Waals surface area (Å²) >= 11 is 0. The molecule has 3 heteroatoms. The van der Waals surface area contributed by atoms with Crippen LogP contribution in [0, 0.1) is 0 Å². The van der Waals surface area contributed by atoms with E-state index in [0.29, 0.717) is 0 Å². The van der Waals surface area contributed by atoms with E-state index in [1.165, 1.54) is 0 Å². The molecule has 0 aromatic rings. The van der Waals surface area contributed by atoms with Gasteiger partial charge in [-0.2, -0.15) is 0 Å². The molecule has 0 atom stereocenters. The predicted molar refractivity (Wildman–Crippen MR) is 22.9 cm³/mol. The lowest BCUT2D eigenvalue weighted by Crippen LogP contribution is -2.09. The number of carboxylic acid groups (broad SMARTS) is 1. The lowest BCUT2D eigenvalue weighted by atomic mass is 10.4. The van der Waals surface area contributed by atoms with Gasteiger partial charge in [0.05, 0.1) is 0 Å². The van der Waals surface area contributed by atoms with Crippen LogP contribution in [0.3, 0.4) is 0 Å². The van der Waals surface area contributed by atoms with E-state index >= 15 is 0 Å². The fourth-order valence-electron chi connectivity index (χ4n) is 0.0873. The second-order valence-electron chi connectivity index (χ2n) is 0.932. The van der Waals surface area contributed by atoms with Crippen LogP contribution < -0.4 is 0 Å². The van der Waals surface area contributed by atoms with Gasteiger partial charge in [0.2, 0.25) is 5.78 Å². The second-order valence-corrected chi connectivity index (χ2v) is 0.932. The van der Waals surface area contributed by atoms with Gasteiger partial charge in [-0.1, -0.05) is 6.88 Å². The first-order valence-corrected chi connectivity index (χ1v) is 1.64. The Kier molecular flexibility index (Phi) is 1.06. The highest BCUT2D eigenvalue weighted by Gasteiger charge is 2.05. The molecule has 0 saturated heterocycles. The molecule has 0 saturated carbocycles. The number of hydrogen-bond acceptors (Lipinski definition) is 2. The highest BCUT2D eigenvalue weighted by Crippen LogP contribution is 1.76. The van der Waals surface area contributed by atoms with E-state index in [1.807, 2.05) is 0 Å². The molecule has 7 heavy (non-hydrogen) atoms. The van der Waals surface area contributed by atoms with Crippen molar-refractivity contribution in [3.05, 3.63) is 0 Å². The lowest BCUT2D eigenvalue weighted by Gasteiger charge is -1.80. The summed E-state index contributed by atoms with van der Waals surface area (Å²) in [6.07, 6.45) is -0.532. The number of ketones is 1. The van der Waals surface area contributed by atoms with Crippen molar-refractivity contribution in [2.45, 2.75) is 13.3 Å². The first-order chi connectivity index (χ1) is 4.04. The van der Waals surface area contributed by atoms with Crippen molar-refractivity contribution in [1.82, 2.24) is 0 Å². The largest absolute Gasteiger partial charge is 0.476 e. The molecule has 0 aromatic heterocycles. The molecule has 3 nitrogen and oxygen atoms in total. The zero-order chi connectivity index (χ0) is 7.44. The van der Waals surface area contributed by atoms with Crippen LogP contribution in [0.25, 0.3) is 0 Å². The topological polar surface area (TPSA) is 54.4 Å². The smallest absolute Gasteiger partial charge is 0.372 e. The van der Waals surface area contributed by atoms with Crippen molar-refractivity contribution in [3.63, 3.8) is 0 Å². The Morgan fingerprint density at radius 1 is 1.86 bits per heavy atom. The third kappa shape index (κ3) is 1.92. The van der Waals surface area contributed by atoms with Gasteiger partial charge in [-0.05, 0) is 0 Å². The van der Waals surface area contributed by atoms with E-state index in [9.17, 15) is 9.59 Å². The van der Waals surface area contributed by atoms with Crippen LogP contribution >= 0.6 is 0 Å². The van der Waals surface area contributed by atoms with Gasteiger partial charge in [0.15, 0.2) is 0 Å². The third-order valence-electron chi connectivity index (χ3n) is 0.424. The van der Waals surface area contributed by atoms with Crippen LogP contribution in [0.2, 0.25) is 0 Å². The van der Waals surface area contributed by atoms with Crippen molar-refractivity contribution in [3.8, 4) is 0 Å². The molecule has 0 heterocycles. The summed E-state index contributed by atoms with van der Waals surface area (Å²) in [5.74, 6) is -2.65. The van der Waals surface area contributed by atoms with Crippen molar-refractivity contribution in [2.24, 2.45) is 0 Å². The van der Waals surface area contributed by atoms with E-state index < -0.39 is 25.0 Å². The van der Waals surface area contributed by atoms with Gasteiger partial charge in [-0.25, -0.2) is 4.79 Å². The number of Topliss-reactive ketones (excluding diaryl/α,β-unsaturated/α-hetero) is 1. The van der Waals surface area contributed by atoms with Crippen LogP contribution in [0.5, 0.6) is 0 Å². The predicted octanol–water partition coefficient (Wildman–Crippen LogP) is 0.0501. The number of carbonyl (C=O) groups excluding carboxylic acids is 1. The number of hydrogen-bond donors (Lipinski definition) is 1. The number of rotatable bonds is 2. The normalized spacial score (nSPS) is 12.7. The molecular formula is C4H6O3. The quantitative estimate of drug-likeness (QED) is 0.398. The maximum Gasteiger partial charge on any atom is 0.372 e. The van der Waals surface area contributed by atoms with E-state index in [1.54, 1.807) is 0 Å². The van der Waals surface area contributed by atoms with E-state index in [4.69, 9.17) is 7.85 Å². The molecule has 0 aliphatic carbocycles. The van der Waals surface area contributed by atoms with Gasteiger partial charge < -0.3 is 5.11 Å². The molecule has 0 aliphatic heterocycles. The minimum Gasteiger partial charge on any atom is -0.476 e. The van der Waals surface area contributed by atoms with Crippen molar-refractivity contribution in [2.75, 3.05) is 0 Å². The molecule has 0 spiro atoms. The minimum atomic E-state index is -1.57. The number of carbonyl (C=O) groups is 2. The summed E-state index contributed by atoms with van der Waals surface area (Å²) in [5, 5.41) is 7.91. The second kappa shape index (κ2) is 2.34. The first-order valence-electron chi connectivity index (χ1n) is 2.80. The van der Waals surface area contributed by atoms with Gasteiger partial charge in [0.25, 0.3) is 0 Å². The van der Waals surface area contributed by atoms with Crippen molar-refractivity contribution in [1.29, 1.82) is 0 Å². The van der Waals surface area contributed by atoms with Gasteiger partial charge in [0, 0.05) is 9.16 Å². The molecule has 0 amide bonds. The molecule has 0 radical (unpaired) electrons. The van der Waals surface area contributed by atoms with Gasteiger partial charge >= 0.3 is 5.97 Å². The fraction of sp³-hybridized carbons (Fsp3) is 0.500. The van der Waals surface area contributed by atoms with Crippen molar-refractivity contribution < 1.29 is 17.4 Å². The maximum absolute atomic E-state index is 10.1. The maximum atomic E-state index is 10.1. The van der Waals surface area contributed by atoms with Crippen LogP contribution in [0.1, 0.15) is 16.0 Å². The van der Waals surface area contributed by atoms with E-state index in [-0.39, 0.29) is 0 Å². The Morgan fingerprint density at radius 2 is 2.43 bits per heavy atom. The summed E-state index contributed by atoms with van der Waals surface area (Å²) in [6.45, 7) is -1.37. The third-order valence-corrected chi connectivity index (χ3v) is 0.424. The van der Waals surface area contributed by atoms with Crippen LogP contribution in [-0.4, -0.2) is 16.9 Å².